The zero-order valence-electron chi connectivity index (χ0n) is 17.4. The Morgan fingerprint density at radius 3 is 2.59 bits per heavy atom. The van der Waals surface area contributed by atoms with Crippen LogP contribution in [0.3, 0.4) is 0 Å². The standard InChI is InChI=1S/C24H21Cl2FN4O/c1-2-21(24(32)29-14-16-8-5-6-10-28-16)31-22-13-18(26)17(25)12-20(22)30-23(31)11-15-7-3-4-9-19(15)27/h3-10,12-13,21H,2,11,14H2,1H3,(H,29,32)/t21-/m1/s1. The summed E-state index contributed by atoms with van der Waals surface area (Å²) in [5.41, 5.74) is 2.52. The van der Waals surface area contributed by atoms with Crippen molar-refractivity contribution in [2.45, 2.75) is 32.4 Å². The van der Waals surface area contributed by atoms with E-state index in [1.54, 1.807) is 36.5 Å². The summed E-state index contributed by atoms with van der Waals surface area (Å²) in [5, 5.41) is 3.68. The average Bonchev–Trinajstić information content (AvgIpc) is 3.12. The second kappa shape index (κ2) is 9.67. The fraction of sp³-hybridized carbons (Fsp3) is 0.208. The first-order chi connectivity index (χ1) is 15.5. The van der Waals surface area contributed by atoms with Crippen molar-refractivity contribution in [2.75, 3.05) is 0 Å². The van der Waals surface area contributed by atoms with E-state index in [-0.39, 0.29) is 18.1 Å². The van der Waals surface area contributed by atoms with Gasteiger partial charge in [-0.05, 0) is 42.3 Å². The van der Waals surface area contributed by atoms with Gasteiger partial charge in [-0.15, -0.1) is 0 Å². The molecule has 164 valence electrons. The summed E-state index contributed by atoms with van der Waals surface area (Å²) in [4.78, 5) is 22.1. The van der Waals surface area contributed by atoms with Crippen LogP contribution >= 0.6 is 23.2 Å². The number of hydrogen-bond donors (Lipinski definition) is 1. The Bertz CT molecular complexity index is 1260. The maximum Gasteiger partial charge on any atom is 0.243 e. The van der Waals surface area contributed by atoms with Gasteiger partial charge in [0.2, 0.25) is 5.91 Å². The number of carbonyl (C=O) groups excluding carboxylic acids is 1. The van der Waals surface area contributed by atoms with Crippen molar-refractivity contribution in [1.82, 2.24) is 19.9 Å². The third-order valence-corrected chi connectivity index (χ3v) is 6.00. The first-order valence-corrected chi connectivity index (χ1v) is 11.0. The molecule has 0 spiro atoms. The van der Waals surface area contributed by atoms with Gasteiger partial charge in [-0.2, -0.15) is 0 Å². The molecule has 2 aromatic carbocycles. The number of nitrogens with one attached hydrogen (secondary N) is 1. The predicted octanol–water partition coefficient (Wildman–Crippen LogP) is 5.74. The normalized spacial score (nSPS) is 12.1. The number of rotatable bonds is 7. The molecule has 4 rings (SSSR count). The minimum Gasteiger partial charge on any atom is -0.349 e. The number of amides is 1. The third kappa shape index (κ3) is 4.61. The number of halogens is 3. The molecule has 0 aliphatic carbocycles. The SMILES string of the molecule is CC[C@H](C(=O)NCc1ccccn1)n1c(Cc2ccccc2F)nc2cc(Cl)c(Cl)cc21. The molecule has 0 aliphatic heterocycles. The van der Waals surface area contributed by atoms with Crippen LogP contribution in [-0.2, 0) is 17.8 Å². The molecule has 4 aromatic rings. The van der Waals surface area contributed by atoms with Crippen molar-refractivity contribution in [3.8, 4) is 0 Å². The van der Waals surface area contributed by atoms with E-state index in [1.807, 2.05) is 29.7 Å². The maximum atomic E-state index is 14.4. The Kier molecular flexibility index (Phi) is 6.72. The van der Waals surface area contributed by atoms with Gasteiger partial charge in [0, 0.05) is 12.6 Å². The van der Waals surface area contributed by atoms with Gasteiger partial charge in [0.05, 0.1) is 33.3 Å². The molecule has 5 nitrogen and oxygen atoms in total. The minimum atomic E-state index is -0.567. The van der Waals surface area contributed by atoms with Gasteiger partial charge in [-0.25, -0.2) is 9.37 Å². The lowest BCUT2D eigenvalue weighted by atomic mass is 10.1. The molecule has 0 fully saturated rings. The molecule has 2 aromatic heterocycles. The lowest BCUT2D eigenvalue weighted by Gasteiger charge is -2.20. The third-order valence-electron chi connectivity index (χ3n) is 5.28. The van der Waals surface area contributed by atoms with Crippen LogP contribution in [0.15, 0.2) is 60.8 Å². The first-order valence-electron chi connectivity index (χ1n) is 10.2. The Morgan fingerprint density at radius 2 is 1.88 bits per heavy atom. The Balaban J connectivity index is 1.74. The summed E-state index contributed by atoms with van der Waals surface area (Å²) in [6, 6.07) is 14.9. The summed E-state index contributed by atoms with van der Waals surface area (Å²) in [6.07, 6.45) is 2.41. The summed E-state index contributed by atoms with van der Waals surface area (Å²) in [7, 11) is 0. The average molecular weight is 471 g/mol. The summed E-state index contributed by atoms with van der Waals surface area (Å²) in [6.45, 7) is 2.22. The highest BCUT2D eigenvalue weighted by molar-refractivity contribution is 6.42. The van der Waals surface area contributed by atoms with Crippen LogP contribution < -0.4 is 5.32 Å². The molecule has 1 amide bonds. The number of imidazole rings is 1. The zero-order valence-corrected chi connectivity index (χ0v) is 18.9. The van der Waals surface area contributed by atoms with E-state index in [1.165, 1.54) is 6.07 Å². The number of pyridine rings is 1. The van der Waals surface area contributed by atoms with Crippen molar-refractivity contribution in [3.63, 3.8) is 0 Å². The molecule has 8 heteroatoms. The number of benzene rings is 2. The fourth-order valence-electron chi connectivity index (χ4n) is 3.71. The van der Waals surface area contributed by atoms with Crippen LogP contribution in [0.2, 0.25) is 10.0 Å². The summed E-state index contributed by atoms with van der Waals surface area (Å²) < 4.78 is 16.2. The molecule has 32 heavy (non-hydrogen) atoms. The lowest BCUT2D eigenvalue weighted by Crippen LogP contribution is -2.33. The van der Waals surface area contributed by atoms with E-state index in [4.69, 9.17) is 23.2 Å². The van der Waals surface area contributed by atoms with Gasteiger partial charge in [0.25, 0.3) is 0 Å². The lowest BCUT2D eigenvalue weighted by molar-refractivity contribution is -0.124. The Labute approximate surface area is 195 Å². The highest BCUT2D eigenvalue weighted by atomic mass is 35.5. The minimum absolute atomic E-state index is 0.182. The van der Waals surface area contributed by atoms with Crippen molar-refractivity contribution < 1.29 is 9.18 Å². The van der Waals surface area contributed by atoms with Crippen molar-refractivity contribution in [2.24, 2.45) is 0 Å². The van der Waals surface area contributed by atoms with Gasteiger partial charge < -0.3 is 9.88 Å². The number of aromatic nitrogens is 3. The van der Waals surface area contributed by atoms with Crippen LogP contribution in [-0.4, -0.2) is 20.4 Å². The Hall–Kier alpha value is -2.96. The van der Waals surface area contributed by atoms with Crippen molar-refractivity contribution in [1.29, 1.82) is 0 Å². The topological polar surface area (TPSA) is 59.8 Å². The molecule has 0 aliphatic rings. The highest BCUT2D eigenvalue weighted by Crippen LogP contribution is 2.32. The maximum absolute atomic E-state index is 14.4. The zero-order chi connectivity index (χ0) is 22.7. The fourth-order valence-corrected chi connectivity index (χ4v) is 4.02. The smallest absolute Gasteiger partial charge is 0.243 e. The number of carbonyl (C=O) groups is 1. The van der Waals surface area contributed by atoms with Gasteiger partial charge in [-0.3, -0.25) is 9.78 Å². The molecule has 1 N–H and O–H groups in total. The molecule has 0 radical (unpaired) electrons. The summed E-state index contributed by atoms with van der Waals surface area (Å²) >= 11 is 12.5. The molecule has 1 atom stereocenters. The van der Waals surface area contributed by atoms with Crippen LogP contribution in [0.1, 0.15) is 36.5 Å². The molecule has 0 bridgehead atoms. The predicted molar refractivity (Wildman–Crippen MR) is 124 cm³/mol. The molecule has 0 unspecified atom stereocenters. The van der Waals surface area contributed by atoms with E-state index in [2.05, 4.69) is 15.3 Å². The van der Waals surface area contributed by atoms with Gasteiger partial charge in [0.1, 0.15) is 17.7 Å². The number of nitrogens with zero attached hydrogens (tertiary/aromatic N) is 3. The van der Waals surface area contributed by atoms with Gasteiger partial charge in [-0.1, -0.05) is 54.4 Å². The number of hydrogen-bond acceptors (Lipinski definition) is 3. The molecule has 2 heterocycles. The van der Waals surface area contributed by atoms with E-state index >= 15 is 0 Å². The van der Waals surface area contributed by atoms with Crippen LogP contribution in [0.25, 0.3) is 11.0 Å². The number of fused-ring (bicyclic) bond motifs is 1. The second-order valence-electron chi connectivity index (χ2n) is 7.38. The second-order valence-corrected chi connectivity index (χ2v) is 8.20. The molecule has 0 saturated carbocycles. The van der Waals surface area contributed by atoms with Crippen LogP contribution in [0.4, 0.5) is 4.39 Å². The largest absolute Gasteiger partial charge is 0.349 e. The van der Waals surface area contributed by atoms with Crippen molar-refractivity contribution in [3.05, 3.63) is 93.7 Å². The summed E-state index contributed by atoms with van der Waals surface area (Å²) in [5.74, 6) is 0.0522. The van der Waals surface area contributed by atoms with Crippen LogP contribution in [0.5, 0.6) is 0 Å². The highest BCUT2D eigenvalue weighted by Gasteiger charge is 2.25. The molecule has 0 saturated heterocycles. The van der Waals surface area contributed by atoms with E-state index < -0.39 is 6.04 Å². The Morgan fingerprint density at radius 1 is 1.12 bits per heavy atom. The molecular weight excluding hydrogens is 450 g/mol. The van der Waals surface area contributed by atoms with E-state index in [0.717, 1.165) is 5.69 Å². The van der Waals surface area contributed by atoms with Gasteiger partial charge in [0.15, 0.2) is 0 Å². The van der Waals surface area contributed by atoms with Gasteiger partial charge >= 0.3 is 0 Å². The van der Waals surface area contributed by atoms with E-state index in [9.17, 15) is 9.18 Å². The van der Waals surface area contributed by atoms with E-state index in [0.29, 0.717) is 45.4 Å². The van der Waals surface area contributed by atoms with Crippen molar-refractivity contribution >= 4 is 40.1 Å². The quantitative estimate of drug-likeness (QED) is 0.374. The molecular formula is C24H21Cl2FN4O. The van der Waals surface area contributed by atoms with Crippen LogP contribution in [0, 0.1) is 5.82 Å². The first kappa shape index (κ1) is 22.2. The monoisotopic (exact) mass is 470 g/mol.